The zero-order valence-electron chi connectivity index (χ0n) is 17.6. The number of nitrogens with one attached hydrogen (secondary N) is 2. The lowest BCUT2D eigenvalue weighted by atomic mass is 9.74. The Morgan fingerprint density at radius 2 is 2.03 bits per heavy atom. The summed E-state index contributed by atoms with van der Waals surface area (Å²) in [5, 5.41) is 6.36. The molecule has 2 N–H and O–H groups in total. The maximum absolute atomic E-state index is 13.1. The van der Waals surface area contributed by atoms with Crippen LogP contribution in [0, 0.1) is 5.92 Å². The summed E-state index contributed by atoms with van der Waals surface area (Å²) in [6, 6.07) is 1.40. The summed E-state index contributed by atoms with van der Waals surface area (Å²) in [4.78, 5) is 31.6. The van der Waals surface area contributed by atoms with Gasteiger partial charge in [0, 0.05) is 32.4 Å². The van der Waals surface area contributed by atoms with E-state index >= 15 is 0 Å². The van der Waals surface area contributed by atoms with Crippen molar-refractivity contribution >= 4 is 40.3 Å². The molecule has 5 rings (SSSR count). The number of ether oxygens (including phenoxy) is 1. The first kappa shape index (κ1) is 20.6. The van der Waals surface area contributed by atoms with Crippen LogP contribution in [-0.4, -0.2) is 48.6 Å². The van der Waals surface area contributed by atoms with Crippen LogP contribution in [0.3, 0.4) is 0 Å². The second-order valence-corrected chi connectivity index (χ2v) is 9.35. The minimum Gasteiger partial charge on any atom is -0.432 e. The number of hydrogen-bond donors (Lipinski definition) is 2. The summed E-state index contributed by atoms with van der Waals surface area (Å²) in [6.45, 7) is 2.11. The Bertz CT molecular complexity index is 1020. The van der Waals surface area contributed by atoms with Gasteiger partial charge in [-0.2, -0.15) is 0 Å². The van der Waals surface area contributed by atoms with Gasteiger partial charge in [0.15, 0.2) is 5.58 Å². The lowest BCUT2D eigenvalue weighted by Gasteiger charge is -2.42. The second-order valence-electron chi connectivity index (χ2n) is 8.94. The Balaban J connectivity index is 1.52. The fraction of sp³-hybridized carbons (Fsp3) is 0.591. The molecule has 0 bridgehead atoms. The van der Waals surface area contributed by atoms with Gasteiger partial charge in [0.25, 0.3) is 5.89 Å². The number of fused-ring (bicyclic) bond motifs is 4. The molecule has 0 radical (unpaired) electrons. The molecular weight excluding hydrogens is 420 g/mol. The fourth-order valence-corrected chi connectivity index (χ4v) is 5.47. The van der Waals surface area contributed by atoms with E-state index < -0.39 is 5.54 Å². The van der Waals surface area contributed by atoms with Gasteiger partial charge in [-0.1, -0.05) is 30.9 Å². The van der Waals surface area contributed by atoms with Gasteiger partial charge in [-0.25, -0.2) is 9.78 Å². The molecule has 1 saturated heterocycles. The highest BCUT2D eigenvalue weighted by atomic mass is 35.5. The van der Waals surface area contributed by atoms with E-state index in [1.54, 1.807) is 18.0 Å². The van der Waals surface area contributed by atoms with Crippen molar-refractivity contribution < 1.29 is 18.7 Å². The van der Waals surface area contributed by atoms with Crippen molar-refractivity contribution in [1.29, 1.82) is 0 Å². The minimum absolute atomic E-state index is 0.0527. The first-order valence-electron chi connectivity index (χ1n) is 11.0. The Morgan fingerprint density at radius 1 is 1.29 bits per heavy atom. The SMILES string of the molecule is CN(CC1CCOCC1)C(=O)c1nc2cc(Cl)c3c(c2o1)C1(CCCCC1)NC(=O)N3. The number of aromatic nitrogens is 1. The maximum Gasteiger partial charge on any atom is 0.319 e. The monoisotopic (exact) mass is 446 g/mol. The van der Waals surface area contributed by atoms with Gasteiger partial charge in [0.1, 0.15) is 5.52 Å². The number of benzene rings is 1. The van der Waals surface area contributed by atoms with Crippen molar-refractivity contribution in [2.75, 3.05) is 32.1 Å². The Labute approximate surface area is 185 Å². The molecule has 0 unspecified atom stereocenters. The first-order valence-corrected chi connectivity index (χ1v) is 11.4. The largest absolute Gasteiger partial charge is 0.432 e. The zero-order chi connectivity index (χ0) is 21.6. The molecule has 3 amide bonds. The standard InChI is InChI=1S/C22H27ClN4O4/c1-27(12-13-5-9-30-10-6-13)20(28)19-24-15-11-14(23)17-16(18(15)31-19)22(26-21(29)25-17)7-3-2-4-8-22/h11,13H,2-10,12H2,1H3,(H2,25,26,29). The van der Waals surface area contributed by atoms with Crippen LogP contribution < -0.4 is 10.6 Å². The third-order valence-corrected chi connectivity index (χ3v) is 7.11. The average Bonchev–Trinajstić information content (AvgIpc) is 3.17. The molecule has 9 heteroatoms. The lowest BCUT2D eigenvalue weighted by Crippen LogP contribution is -2.52. The predicted molar refractivity (Wildman–Crippen MR) is 116 cm³/mol. The van der Waals surface area contributed by atoms with Gasteiger partial charge in [0.05, 0.1) is 16.2 Å². The van der Waals surface area contributed by atoms with E-state index in [1.807, 2.05) is 0 Å². The molecule has 2 aliphatic heterocycles. The van der Waals surface area contributed by atoms with Crippen molar-refractivity contribution in [3.63, 3.8) is 0 Å². The van der Waals surface area contributed by atoms with E-state index in [0.717, 1.165) is 63.7 Å². The molecule has 2 aromatic rings. The summed E-state index contributed by atoms with van der Waals surface area (Å²) in [7, 11) is 1.78. The van der Waals surface area contributed by atoms with Gasteiger partial charge in [-0.05, 0) is 37.7 Å². The molecular formula is C22H27ClN4O4. The highest BCUT2D eigenvalue weighted by Crippen LogP contribution is 2.48. The molecule has 1 saturated carbocycles. The van der Waals surface area contributed by atoms with Gasteiger partial charge >= 0.3 is 11.9 Å². The van der Waals surface area contributed by atoms with Crippen LogP contribution in [0.15, 0.2) is 10.5 Å². The summed E-state index contributed by atoms with van der Waals surface area (Å²) < 4.78 is 11.5. The summed E-state index contributed by atoms with van der Waals surface area (Å²) in [5.41, 5.74) is 1.89. The van der Waals surface area contributed by atoms with E-state index in [4.69, 9.17) is 20.8 Å². The number of nitrogens with zero attached hydrogens (tertiary/aromatic N) is 2. The molecule has 1 aromatic heterocycles. The summed E-state index contributed by atoms with van der Waals surface area (Å²) >= 11 is 6.54. The second kappa shape index (κ2) is 7.98. The van der Waals surface area contributed by atoms with Gasteiger partial charge in [-0.3, -0.25) is 4.79 Å². The highest BCUT2D eigenvalue weighted by Gasteiger charge is 2.44. The minimum atomic E-state index is -0.549. The van der Waals surface area contributed by atoms with Gasteiger partial charge in [0.2, 0.25) is 0 Å². The van der Waals surface area contributed by atoms with Gasteiger partial charge in [-0.15, -0.1) is 0 Å². The van der Waals surface area contributed by atoms with Crippen molar-refractivity contribution in [3.8, 4) is 0 Å². The number of halogens is 1. The number of amides is 3. The van der Waals surface area contributed by atoms with Crippen molar-refractivity contribution in [1.82, 2.24) is 15.2 Å². The van der Waals surface area contributed by atoms with Crippen LogP contribution in [0.4, 0.5) is 10.5 Å². The number of hydrogen-bond acceptors (Lipinski definition) is 5. The Morgan fingerprint density at radius 3 is 2.77 bits per heavy atom. The number of anilines is 1. The van der Waals surface area contributed by atoms with Crippen molar-refractivity contribution in [2.45, 2.75) is 50.5 Å². The Kier molecular flexibility index (Phi) is 5.30. The lowest BCUT2D eigenvalue weighted by molar-refractivity contribution is 0.0483. The van der Waals surface area contributed by atoms with E-state index in [0.29, 0.717) is 34.3 Å². The fourth-order valence-electron chi connectivity index (χ4n) is 5.22. The number of urea groups is 1. The smallest absolute Gasteiger partial charge is 0.319 e. The van der Waals surface area contributed by atoms with Crippen LogP contribution in [0.5, 0.6) is 0 Å². The van der Waals surface area contributed by atoms with E-state index in [2.05, 4.69) is 15.6 Å². The molecule has 31 heavy (non-hydrogen) atoms. The highest BCUT2D eigenvalue weighted by molar-refractivity contribution is 6.35. The molecule has 2 fully saturated rings. The predicted octanol–water partition coefficient (Wildman–Crippen LogP) is 4.27. The number of carbonyl (C=O) groups excluding carboxylic acids is 2. The third-order valence-electron chi connectivity index (χ3n) is 6.81. The van der Waals surface area contributed by atoms with Crippen molar-refractivity contribution in [2.24, 2.45) is 5.92 Å². The van der Waals surface area contributed by atoms with Crippen molar-refractivity contribution in [3.05, 3.63) is 22.5 Å². The van der Waals surface area contributed by atoms with E-state index in [9.17, 15) is 9.59 Å². The molecule has 8 nitrogen and oxygen atoms in total. The van der Waals surface area contributed by atoms with E-state index in [-0.39, 0.29) is 17.8 Å². The zero-order valence-corrected chi connectivity index (χ0v) is 18.4. The molecule has 3 aliphatic rings. The maximum atomic E-state index is 13.1. The van der Waals surface area contributed by atoms with Crippen LogP contribution in [0.25, 0.3) is 11.1 Å². The van der Waals surface area contributed by atoms with Crippen LogP contribution in [-0.2, 0) is 10.3 Å². The normalized spacial score (nSPS) is 20.9. The molecule has 1 spiro atoms. The topological polar surface area (TPSA) is 96.7 Å². The number of rotatable bonds is 3. The van der Waals surface area contributed by atoms with Crippen LogP contribution >= 0.6 is 11.6 Å². The molecule has 166 valence electrons. The Hall–Kier alpha value is -2.32. The van der Waals surface area contributed by atoms with Gasteiger partial charge < -0.3 is 24.7 Å². The molecule has 1 aromatic carbocycles. The quantitative estimate of drug-likeness (QED) is 0.733. The summed E-state index contributed by atoms with van der Waals surface area (Å²) in [5.74, 6) is 0.217. The first-order chi connectivity index (χ1) is 15.0. The number of oxazole rings is 1. The molecule has 3 heterocycles. The van der Waals surface area contributed by atoms with Crippen LogP contribution in [0.1, 0.15) is 61.2 Å². The van der Waals surface area contributed by atoms with E-state index in [1.165, 1.54) is 0 Å². The summed E-state index contributed by atoms with van der Waals surface area (Å²) in [6.07, 6.45) is 6.63. The number of carbonyl (C=O) groups is 2. The average molecular weight is 447 g/mol. The third kappa shape index (κ3) is 3.65. The van der Waals surface area contributed by atoms with Crippen LogP contribution in [0.2, 0.25) is 5.02 Å². The molecule has 0 atom stereocenters. The molecule has 1 aliphatic carbocycles.